The summed E-state index contributed by atoms with van der Waals surface area (Å²) >= 11 is 6.34. The van der Waals surface area contributed by atoms with Crippen molar-refractivity contribution in [3.8, 4) is 0 Å². The summed E-state index contributed by atoms with van der Waals surface area (Å²) in [4.78, 5) is 14.3. The molecule has 1 amide bonds. The van der Waals surface area contributed by atoms with Crippen LogP contribution in [-0.4, -0.2) is 17.4 Å². The van der Waals surface area contributed by atoms with Gasteiger partial charge in [0.25, 0.3) is 0 Å². The molecule has 0 atom stereocenters. The third-order valence-electron chi connectivity index (χ3n) is 1.51. The van der Waals surface area contributed by atoms with Crippen molar-refractivity contribution in [2.24, 2.45) is 0 Å². The molecule has 0 bridgehead atoms. The van der Waals surface area contributed by atoms with Crippen molar-refractivity contribution in [2.45, 2.75) is 13.3 Å². The maximum absolute atomic E-state index is 11.3. The number of carbonyl (C=O) groups excluding carboxylic acids is 1. The first-order chi connectivity index (χ1) is 6.58. The average molecular weight is 228 g/mol. The Kier molecular flexibility index (Phi) is 4.03. The van der Waals surface area contributed by atoms with E-state index in [1.807, 2.05) is 12.3 Å². The maximum atomic E-state index is 11.3. The Balaban J connectivity index is 2.41. The zero-order valence-corrected chi connectivity index (χ0v) is 9.56. The van der Waals surface area contributed by atoms with E-state index in [-0.39, 0.29) is 5.91 Å². The predicted molar refractivity (Wildman–Crippen MR) is 61.0 cm³/mol. The summed E-state index contributed by atoms with van der Waals surface area (Å²) in [5, 5.41) is 4.62. The lowest BCUT2D eigenvalue weighted by atomic mass is 10.3. The highest BCUT2D eigenvalue weighted by molar-refractivity contribution is 7.73. The van der Waals surface area contributed by atoms with Gasteiger partial charge in [0.1, 0.15) is 0 Å². The van der Waals surface area contributed by atoms with Crippen LogP contribution in [0.5, 0.6) is 0 Å². The van der Waals surface area contributed by atoms with Gasteiger partial charge in [-0.15, -0.1) is 11.3 Å². The van der Waals surface area contributed by atoms with E-state index in [0.717, 1.165) is 11.3 Å². The van der Waals surface area contributed by atoms with Gasteiger partial charge in [-0.3, -0.25) is 4.79 Å². The summed E-state index contributed by atoms with van der Waals surface area (Å²) in [5.41, 5.74) is 1.80. The van der Waals surface area contributed by atoms with Crippen LogP contribution in [0.25, 0.3) is 0 Å². The first-order valence-corrected chi connectivity index (χ1v) is 5.44. The molecule has 0 spiro atoms. The van der Waals surface area contributed by atoms with Gasteiger partial charge in [-0.25, -0.2) is 0 Å². The van der Waals surface area contributed by atoms with E-state index in [4.69, 9.17) is 12.2 Å². The number of nitrogens with one attached hydrogen (secondary N) is 2. The largest absolute Gasteiger partial charge is 0.352 e. The van der Waals surface area contributed by atoms with Crippen molar-refractivity contribution in [3.63, 3.8) is 0 Å². The maximum Gasteiger partial charge on any atom is 0.226 e. The molecule has 0 saturated heterocycles. The van der Waals surface area contributed by atoms with Crippen LogP contribution in [0.3, 0.4) is 0 Å². The van der Waals surface area contributed by atoms with Gasteiger partial charge >= 0.3 is 0 Å². The Labute approximate surface area is 91.9 Å². The number of aromatic nitrogens is 1. The molecule has 3 nitrogen and oxygen atoms in total. The number of carbonyl (C=O) groups is 1. The highest BCUT2D eigenvalue weighted by Gasteiger charge is 2.03. The van der Waals surface area contributed by atoms with E-state index in [2.05, 4.69) is 16.9 Å². The monoisotopic (exact) mass is 228 g/mol. The highest BCUT2D eigenvalue weighted by atomic mass is 32.1. The third kappa shape index (κ3) is 3.85. The van der Waals surface area contributed by atoms with Gasteiger partial charge in [-0.1, -0.05) is 12.2 Å². The molecule has 2 N–H and O–H groups in total. The molecule has 1 rings (SSSR count). The Morgan fingerprint density at radius 2 is 2.50 bits per heavy atom. The van der Waals surface area contributed by atoms with Crippen LogP contribution in [0.4, 0.5) is 0 Å². The number of thiazole rings is 1. The molecule has 76 valence electrons. The molecule has 0 saturated carbocycles. The molecule has 0 unspecified atom stereocenters. The lowest BCUT2D eigenvalue weighted by Crippen LogP contribution is -2.26. The molecular weight excluding hydrogens is 216 g/mol. The van der Waals surface area contributed by atoms with Crippen LogP contribution < -0.4 is 5.32 Å². The standard InChI is InChI=1S/C9H12N2OS2/c1-6(2)4-10-8(12)3-7-5-14-9(13)11-7/h5H,1,3-4H2,2H3,(H,10,12)(H,11,13). The molecule has 14 heavy (non-hydrogen) atoms. The van der Waals surface area contributed by atoms with Crippen molar-refractivity contribution < 1.29 is 4.79 Å². The Hall–Kier alpha value is -0.940. The third-order valence-corrected chi connectivity index (χ3v) is 2.62. The fraction of sp³-hybridized carbons (Fsp3) is 0.333. The zero-order chi connectivity index (χ0) is 10.6. The second-order valence-corrected chi connectivity index (χ2v) is 4.63. The van der Waals surface area contributed by atoms with Crippen LogP contribution in [0.1, 0.15) is 12.6 Å². The number of hydrogen-bond donors (Lipinski definition) is 2. The second kappa shape index (κ2) is 5.07. The van der Waals surface area contributed by atoms with Crippen molar-refractivity contribution in [1.82, 2.24) is 10.3 Å². The summed E-state index contributed by atoms with van der Waals surface area (Å²) < 4.78 is 0.702. The van der Waals surface area contributed by atoms with Gasteiger partial charge in [0, 0.05) is 17.6 Å². The molecule has 0 aliphatic carbocycles. The van der Waals surface area contributed by atoms with Gasteiger partial charge in [0.05, 0.1) is 6.42 Å². The molecule has 1 heterocycles. The number of aromatic amines is 1. The van der Waals surface area contributed by atoms with Crippen LogP contribution in [0.2, 0.25) is 0 Å². The first kappa shape index (κ1) is 11.1. The zero-order valence-electron chi connectivity index (χ0n) is 7.92. The van der Waals surface area contributed by atoms with Gasteiger partial charge in [-0.2, -0.15) is 0 Å². The molecule has 0 aromatic carbocycles. The number of amides is 1. The number of rotatable bonds is 4. The van der Waals surface area contributed by atoms with Crippen molar-refractivity contribution in [1.29, 1.82) is 0 Å². The lowest BCUT2D eigenvalue weighted by molar-refractivity contribution is -0.120. The summed E-state index contributed by atoms with van der Waals surface area (Å²) in [6.07, 6.45) is 0.348. The Bertz CT molecular complexity index is 392. The van der Waals surface area contributed by atoms with E-state index < -0.39 is 0 Å². The predicted octanol–water partition coefficient (Wildman–Crippen LogP) is 2.04. The Morgan fingerprint density at radius 1 is 1.79 bits per heavy atom. The van der Waals surface area contributed by atoms with Crippen LogP contribution in [-0.2, 0) is 11.2 Å². The smallest absolute Gasteiger partial charge is 0.226 e. The van der Waals surface area contributed by atoms with E-state index in [1.165, 1.54) is 11.3 Å². The van der Waals surface area contributed by atoms with Crippen LogP contribution in [0.15, 0.2) is 17.5 Å². The fourth-order valence-corrected chi connectivity index (χ4v) is 1.74. The van der Waals surface area contributed by atoms with E-state index in [9.17, 15) is 4.79 Å². The van der Waals surface area contributed by atoms with E-state index in [1.54, 1.807) is 0 Å². The SMILES string of the molecule is C=C(C)CNC(=O)Cc1csc(=S)[nH]1. The molecular formula is C9H12N2OS2. The summed E-state index contributed by atoms with van der Waals surface area (Å²) in [6.45, 7) is 6.11. The summed E-state index contributed by atoms with van der Waals surface area (Å²) in [6, 6.07) is 0. The summed E-state index contributed by atoms with van der Waals surface area (Å²) in [7, 11) is 0. The second-order valence-electron chi connectivity index (χ2n) is 3.08. The molecule has 0 aliphatic heterocycles. The normalized spacial score (nSPS) is 9.79. The average Bonchev–Trinajstić information content (AvgIpc) is 2.48. The van der Waals surface area contributed by atoms with Crippen LogP contribution in [0, 0.1) is 3.95 Å². The minimum absolute atomic E-state index is 0.0166. The first-order valence-electron chi connectivity index (χ1n) is 4.15. The van der Waals surface area contributed by atoms with Crippen molar-refractivity contribution in [2.75, 3.05) is 6.54 Å². The van der Waals surface area contributed by atoms with Crippen molar-refractivity contribution in [3.05, 3.63) is 27.2 Å². The highest BCUT2D eigenvalue weighted by Crippen LogP contribution is 2.04. The minimum Gasteiger partial charge on any atom is -0.352 e. The van der Waals surface area contributed by atoms with Crippen molar-refractivity contribution >= 4 is 29.5 Å². The van der Waals surface area contributed by atoms with E-state index in [0.29, 0.717) is 16.9 Å². The molecule has 0 fully saturated rings. The van der Waals surface area contributed by atoms with Crippen LogP contribution >= 0.6 is 23.6 Å². The fourth-order valence-electron chi connectivity index (χ4n) is 0.885. The quantitative estimate of drug-likeness (QED) is 0.612. The molecule has 0 aliphatic rings. The van der Waals surface area contributed by atoms with E-state index >= 15 is 0 Å². The number of H-pyrrole nitrogens is 1. The van der Waals surface area contributed by atoms with Gasteiger partial charge in [0.2, 0.25) is 5.91 Å². The molecule has 1 aromatic rings. The van der Waals surface area contributed by atoms with Gasteiger partial charge in [0.15, 0.2) is 3.95 Å². The number of hydrogen-bond acceptors (Lipinski definition) is 3. The molecule has 0 radical (unpaired) electrons. The Morgan fingerprint density at radius 3 is 3.00 bits per heavy atom. The van der Waals surface area contributed by atoms with Gasteiger partial charge in [-0.05, 0) is 19.1 Å². The van der Waals surface area contributed by atoms with Gasteiger partial charge < -0.3 is 10.3 Å². The minimum atomic E-state index is -0.0166. The lowest BCUT2D eigenvalue weighted by Gasteiger charge is -2.02. The topological polar surface area (TPSA) is 44.9 Å². The summed E-state index contributed by atoms with van der Waals surface area (Å²) in [5.74, 6) is -0.0166. The molecule has 1 aromatic heterocycles. The molecule has 5 heteroatoms.